The Morgan fingerprint density at radius 2 is 1.61 bits per heavy atom. The minimum atomic E-state index is -0.189. The lowest BCUT2D eigenvalue weighted by atomic mass is 10.2. The fraction of sp³-hybridized carbons (Fsp3) is 0.235. The summed E-state index contributed by atoms with van der Waals surface area (Å²) in [5.74, 6) is 1.71. The van der Waals surface area contributed by atoms with Gasteiger partial charge in [0.1, 0.15) is 17.2 Å². The van der Waals surface area contributed by atoms with Gasteiger partial charge in [-0.05, 0) is 12.1 Å². The Kier molecular flexibility index (Phi) is 5.68. The first kappa shape index (κ1) is 16.5. The monoisotopic (exact) mass is 316 g/mol. The standard InChI is InChI=1S/C17H20N2O4/c1-21-13-8-12(9-14(10-13)22-2)19-17(20)11-18-15-6-4-5-7-16(15)23-3/h4-10,18H,11H2,1-3H3,(H,19,20). The highest BCUT2D eigenvalue weighted by atomic mass is 16.5. The molecule has 0 aliphatic carbocycles. The van der Waals surface area contributed by atoms with E-state index < -0.39 is 0 Å². The Bertz CT molecular complexity index is 651. The number of ether oxygens (including phenoxy) is 3. The largest absolute Gasteiger partial charge is 0.497 e. The second-order valence-corrected chi connectivity index (χ2v) is 4.70. The van der Waals surface area contributed by atoms with Crippen LogP contribution in [0.15, 0.2) is 42.5 Å². The normalized spacial score (nSPS) is 9.87. The van der Waals surface area contributed by atoms with E-state index in [4.69, 9.17) is 14.2 Å². The number of rotatable bonds is 7. The molecule has 0 spiro atoms. The van der Waals surface area contributed by atoms with Gasteiger partial charge in [-0.1, -0.05) is 12.1 Å². The summed E-state index contributed by atoms with van der Waals surface area (Å²) in [6.45, 7) is 0.111. The molecule has 0 saturated carbocycles. The molecule has 0 atom stereocenters. The van der Waals surface area contributed by atoms with E-state index in [1.807, 2.05) is 24.3 Å². The van der Waals surface area contributed by atoms with Crippen molar-refractivity contribution in [3.8, 4) is 17.2 Å². The fourth-order valence-corrected chi connectivity index (χ4v) is 2.05. The lowest BCUT2D eigenvalue weighted by molar-refractivity contribution is -0.114. The number of hydrogen-bond donors (Lipinski definition) is 2. The Labute approximate surface area is 135 Å². The van der Waals surface area contributed by atoms with Crippen LogP contribution >= 0.6 is 0 Å². The van der Waals surface area contributed by atoms with Crippen molar-refractivity contribution >= 4 is 17.3 Å². The zero-order valence-corrected chi connectivity index (χ0v) is 13.4. The molecule has 0 heterocycles. The number of carbonyl (C=O) groups is 1. The zero-order chi connectivity index (χ0) is 16.7. The molecule has 6 heteroatoms. The molecule has 6 nitrogen and oxygen atoms in total. The lowest BCUT2D eigenvalue weighted by Crippen LogP contribution is -2.22. The number of hydrogen-bond acceptors (Lipinski definition) is 5. The Morgan fingerprint density at radius 3 is 2.22 bits per heavy atom. The molecule has 0 aliphatic rings. The van der Waals surface area contributed by atoms with Crippen molar-refractivity contribution in [2.24, 2.45) is 0 Å². The second kappa shape index (κ2) is 7.93. The molecule has 23 heavy (non-hydrogen) atoms. The third-order valence-corrected chi connectivity index (χ3v) is 3.18. The van der Waals surface area contributed by atoms with Crippen LogP contribution < -0.4 is 24.8 Å². The maximum atomic E-state index is 12.1. The van der Waals surface area contributed by atoms with Crippen LogP contribution in [0.4, 0.5) is 11.4 Å². The molecule has 122 valence electrons. The molecule has 0 aliphatic heterocycles. The van der Waals surface area contributed by atoms with E-state index in [1.165, 1.54) is 0 Å². The summed E-state index contributed by atoms with van der Waals surface area (Å²) in [4.78, 5) is 12.1. The molecule has 0 fully saturated rings. The van der Waals surface area contributed by atoms with Crippen LogP contribution in [0.25, 0.3) is 0 Å². The van der Waals surface area contributed by atoms with E-state index in [0.29, 0.717) is 22.9 Å². The molecule has 1 amide bonds. The van der Waals surface area contributed by atoms with Gasteiger partial charge in [0.2, 0.25) is 5.91 Å². The van der Waals surface area contributed by atoms with Crippen LogP contribution in [0.1, 0.15) is 0 Å². The lowest BCUT2D eigenvalue weighted by Gasteiger charge is -2.12. The number of anilines is 2. The minimum Gasteiger partial charge on any atom is -0.497 e. The van der Waals surface area contributed by atoms with Gasteiger partial charge in [-0.3, -0.25) is 4.79 Å². The Morgan fingerprint density at radius 1 is 0.957 bits per heavy atom. The van der Waals surface area contributed by atoms with Crippen LogP contribution in [0, 0.1) is 0 Å². The van der Waals surface area contributed by atoms with Crippen molar-refractivity contribution in [3.63, 3.8) is 0 Å². The maximum Gasteiger partial charge on any atom is 0.243 e. The van der Waals surface area contributed by atoms with Crippen LogP contribution in [0.5, 0.6) is 17.2 Å². The smallest absolute Gasteiger partial charge is 0.243 e. The zero-order valence-electron chi connectivity index (χ0n) is 13.4. The van der Waals surface area contributed by atoms with Crippen molar-refractivity contribution < 1.29 is 19.0 Å². The van der Waals surface area contributed by atoms with E-state index in [1.54, 1.807) is 39.5 Å². The number of methoxy groups -OCH3 is 3. The van der Waals surface area contributed by atoms with E-state index in [2.05, 4.69) is 10.6 Å². The number of carbonyl (C=O) groups excluding carboxylic acids is 1. The first-order chi connectivity index (χ1) is 11.2. The summed E-state index contributed by atoms with van der Waals surface area (Å²) in [5, 5.41) is 5.84. The van der Waals surface area contributed by atoms with E-state index in [9.17, 15) is 4.79 Å². The van der Waals surface area contributed by atoms with Gasteiger partial charge in [0.15, 0.2) is 0 Å². The van der Waals surface area contributed by atoms with Crippen molar-refractivity contribution in [2.45, 2.75) is 0 Å². The van der Waals surface area contributed by atoms with E-state index >= 15 is 0 Å². The molecular formula is C17H20N2O4. The molecule has 0 aromatic heterocycles. The molecule has 0 unspecified atom stereocenters. The average Bonchev–Trinajstić information content (AvgIpc) is 2.59. The van der Waals surface area contributed by atoms with Gasteiger partial charge < -0.3 is 24.8 Å². The molecule has 2 N–H and O–H groups in total. The van der Waals surface area contributed by atoms with Crippen molar-refractivity contribution in [1.82, 2.24) is 0 Å². The summed E-state index contributed by atoms with van der Waals surface area (Å²) in [7, 11) is 4.70. The van der Waals surface area contributed by atoms with Gasteiger partial charge in [-0.15, -0.1) is 0 Å². The van der Waals surface area contributed by atoms with Crippen LogP contribution in [-0.4, -0.2) is 33.8 Å². The molecule has 0 saturated heterocycles. The summed E-state index contributed by atoms with van der Waals surface area (Å²) >= 11 is 0. The van der Waals surface area contributed by atoms with Crippen LogP contribution in [-0.2, 0) is 4.79 Å². The SMILES string of the molecule is COc1cc(NC(=O)CNc2ccccc2OC)cc(OC)c1. The minimum absolute atomic E-state index is 0.111. The summed E-state index contributed by atoms with van der Waals surface area (Å²) in [6, 6.07) is 12.6. The maximum absolute atomic E-state index is 12.1. The average molecular weight is 316 g/mol. The molecule has 2 aromatic carbocycles. The van der Waals surface area contributed by atoms with Gasteiger partial charge in [-0.25, -0.2) is 0 Å². The number of nitrogens with one attached hydrogen (secondary N) is 2. The highest BCUT2D eigenvalue weighted by Gasteiger charge is 2.07. The second-order valence-electron chi connectivity index (χ2n) is 4.70. The Hall–Kier alpha value is -2.89. The van der Waals surface area contributed by atoms with Gasteiger partial charge in [-0.2, -0.15) is 0 Å². The van der Waals surface area contributed by atoms with Gasteiger partial charge in [0.05, 0.1) is 33.6 Å². The highest BCUT2D eigenvalue weighted by Crippen LogP contribution is 2.26. The molecular weight excluding hydrogens is 296 g/mol. The van der Waals surface area contributed by atoms with Crippen molar-refractivity contribution in [3.05, 3.63) is 42.5 Å². The topological polar surface area (TPSA) is 68.8 Å². The van der Waals surface area contributed by atoms with Crippen LogP contribution in [0.2, 0.25) is 0 Å². The van der Waals surface area contributed by atoms with Crippen LogP contribution in [0.3, 0.4) is 0 Å². The van der Waals surface area contributed by atoms with Gasteiger partial charge >= 0.3 is 0 Å². The van der Waals surface area contributed by atoms with Crippen molar-refractivity contribution in [2.75, 3.05) is 38.5 Å². The van der Waals surface area contributed by atoms with Crippen molar-refractivity contribution in [1.29, 1.82) is 0 Å². The molecule has 2 aromatic rings. The third kappa shape index (κ3) is 4.54. The number of benzene rings is 2. The summed E-state index contributed by atoms with van der Waals surface area (Å²) < 4.78 is 15.6. The third-order valence-electron chi connectivity index (χ3n) is 3.18. The van der Waals surface area contributed by atoms with Gasteiger partial charge in [0.25, 0.3) is 0 Å². The first-order valence-corrected chi connectivity index (χ1v) is 7.06. The molecule has 2 rings (SSSR count). The van der Waals surface area contributed by atoms with Gasteiger partial charge in [0, 0.05) is 23.9 Å². The molecule has 0 radical (unpaired) electrons. The predicted molar refractivity (Wildman–Crippen MR) is 89.7 cm³/mol. The predicted octanol–water partition coefficient (Wildman–Crippen LogP) is 2.76. The molecule has 0 bridgehead atoms. The summed E-state index contributed by atoms with van der Waals surface area (Å²) in [5.41, 5.74) is 1.36. The number of amides is 1. The van der Waals surface area contributed by atoms with E-state index in [0.717, 1.165) is 5.69 Å². The summed E-state index contributed by atoms with van der Waals surface area (Å²) in [6.07, 6.45) is 0. The fourth-order valence-electron chi connectivity index (χ4n) is 2.05. The highest BCUT2D eigenvalue weighted by molar-refractivity contribution is 5.94. The van der Waals surface area contributed by atoms with E-state index in [-0.39, 0.29) is 12.5 Å². The first-order valence-electron chi connectivity index (χ1n) is 7.06. The quantitative estimate of drug-likeness (QED) is 0.822. The number of para-hydroxylation sites is 2. The Balaban J connectivity index is 1.99.